The molecule has 140 valence electrons. The van der Waals surface area contributed by atoms with Crippen molar-refractivity contribution in [2.75, 3.05) is 0 Å². The van der Waals surface area contributed by atoms with Gasteiger partial charge in [0.05, 0.1) is 0 Å². The Morgan fingerprint density at radius 3 is 3.04 bits per heavy atom. The van der Waals surface area contributed by atoms with Gasteiger partial charge in [0.1, 0.15) is 17.5 Å². The molecule has 2 aliphatic heterocycles. The molecule has 0 radical (unpaired) electrons. The maximum atomic E-state index is 12.7. The maximum absolute atomic E-state index is 12.7. The first-order valence-corrected chi connectivity index (χ1v) is 10.1. The normalized spacial score (nSPS) is 30.2. The van der Waals surface area contributed by atoms with Crippen LogP contribution in [0, 0.1) is 0 Å². The zero-order chi connectivity index (χ0) is 18.3. The number of H-pyrrole nitrogens is 1. The second-order valence-electron chi connectivity index (χ2n) is 7.73. The summed E-state index contributed by atoms with van der Waals surface area (Å²) in [5.41, 5.74) is 1.20. The molecule has 0 bridgehead atoms. The standard InChI is InChI=1S/C17H24N6O2S/c1-17(2)13(14-19-21-22-20-14)23-15(25)12(16(23)26-17)18-11(24)9-10-7-5-3-4-6-8-10/h7,12-13,16H,3-6,8-9H2,1-2H3,(H,18,24)(H,19,20,21,22)/t12?,13?,16-/m0/s1. The van der Waals surface area contributed by atoms with Crippen LogP contribution in [0.4, 0.5) is 0 Å². The van der Waals surface area contributed by atoms with Crippen molar-refractivity contribution in [3.8, 4) is 0 Å². The molecule has 0 aromatic carbocycles. The largest absolute Gasteiger partial charge is 0.341 e. The molecule has 0 spiro atoms. The average molecular weight is 376 g/mol. The molecule has 9 heteroatoms. The van der Waals surface area contributed by atoms with E-state index in [1.54, 1.807) is 16.7 Å². The van der Waals surface area contributed by atoms with Crippen LogP contribution in [0.5, 0.6) is 0 Å². The number of amides is 2. The minimum Gasteiger partial charge on any atom is -0.341 e. The van der Waals surface area contributed by atoms with E-state index < -0.39 is 6.04 Å². The topological polar surface area (TPSA) is 104 Å². The third kappa shape index (κ3) is 3.02. The first-order valence-electron chi connectivity index (χ1n) is 9.18. The van der Waals surface area contributed by atoms with Crippen LogP contribution < -0.4 is 5.32 Å². The van der Waals surface area contributed by atoms with Gasteiger partial charge in [-0.25, -0.2) is 5.10 Å². The predicted molar refractivity (Wildman–Crippen MR) is 96.9 cm³/mol. The van der Waals surface area contributed by atoms with Crippen molar-refractivity contribution < 1.29 is 9.59 Å². The second-order valence-corrected chi connectivity index (χ2v) is 9.50. The van der Waals surface area contributed by atoms with Crippen LogP contribution in [0.2, 0.25) is 0 Å². The van der Waals surface area contributed by atoms with Gasteiger partial charge >= 0.3 is 0 Å². The number of carbonyl (C=O) groups is 2. The number of hydrogen-bond acceptors (Lipinski definition) is 6. The van der Waals surface area contributed by atoms with Crippen molar-refractivity contribution in [3.05, 3.63) is 17.5 Å². The van der Waals surface area contributed by atoms with E-state index in [9.17, 15) is 9.59 Å². The van der Waals surface area contributed by atoms with Crippen molar-refractivity contribution >= 4 is 23.6 Å². The summed E-state index contributed by atoms with van der Waals surface area (Å²) in [7, 11) is 0. The molecule has 3 heterocycles. The number of aromatic amines is 1. The van der Waals surface area contributed by atoms with Gasteiger partial charge in [0.15, 0.2) is 5.82 Å². The van der Waals surface area contributed by atoms with Crippen LogP contribution >= 0.6 is 11.8 Å². The van der Waals surface area contributed by atoms with Crippen LogP contribution in [0.1, 0.15) is 64.2 Å². The summed E-state index contributed by atoms with van der Waals surface area (Å²) >= 11 is 1.69. The Bertz CT molecular complexity index is 732. The van der Waals surface area contributed by atoms with Gasteiger partial charge in [0.2, 0.25) is 11.8 Å². The molecule has 1 aliphatic carbocycles. The summed E-state index contributed by atoms with van der Waals surface area (Å²) in [4.78, 5) is 27.0. The molecule has 3 atom stereocenters. The van der Waals surface area contributed by atoms with Gasteiger partial charge < -0.3 is 10.2 Å². The van der Waals surface area contributed by atoms with Gasteiger partial charge in [-0.1, -0.05) is 18.1 Å². The number of tetrazole rings is 1. The highest BCUT2D eigenvalue weighted by molar-refractivity contribution is 8.01. The summed E-state index contributed by atoms with van der Waals surface area (Å²) in [5, 5.41) is 16.9. The Labute approximate surface area is 156 Å². The molecule has 2 amide bonds. The SMILES string of the molecule is CC1(C)S[C@H]2C(NC(=O)CC3=CCCCCC3)C(=O)N2C1c1nnn[nH]1. The summed E-state index contributed by atoms with van der Waals surface area (Å²) in [6.07, 6.45) is 8.22. The number of fused-ring (bicyclic) bond motifs is 1. The van der Waals surface area contributed by atoms with Crippen molar-refractivity contribution in [2.24, 2.45) is 0 Å². The van der Waals surface area contributed by atoms with E-state index in [4.69, 9.17) is 0 Å². The lowest BCUT2D eigenvalue weighted by atomic mass is 9.95. The Morgan fingerprint density at radius 2 is 2.27 bits per heavy atom. The second kappa shape index (κ2) is 6.68. The van der Waals surface area contributed by atoms with E-state index in [0.29, 0.717) is 12.2 Å². The van der Waals surface area contributed by atoms with Crippen LogP contribution in [-0.2, 0) is 9.59 Å². The monoisotopic (exact) mass is 376 g/mol. The quantitative estimate of drug-likeness (QED) is 0.612. The number of aromatic nitrogens is 4. The minimum atomic E-state index is -0.459. The van der Waals surface area contributed by atoms with E-state index in [-0.39, 0.29) is 28.0 Å². The smallest absolute Gasteiger partial charge is 0.249 e. The third-order valence-corrected chi connectivity index (χ3v) is 6.97. The lowest BCUT2D eigenvalue weighted by molar-refractivity contribution is -0.151. The van der Waals surface area contributed by atoms with Crippen LogP contribution in [0.3, 0.4) is 0 Å². The highest BCUT2D eigenvalue weighted by atomic mass is 32.2. The fourth-order valence-corrected chi connectivity index (χ4v) is 5.78. The number of allylic oxidation sites excluding steroid dienone is 1. The molecule has 8 nitrogen and oxygen atoms in total. The fraction of sp³-hybridized carbons (Fsp3) is 0.706. The number of β-lactam (4-membered cyclic amide) rings is 1. The molecule has 2 N–H and O–H groups in total. The molecule has 2 saturated heterocycles. The Morgan fingerprint density at radius 1 is 1.42 bits per heavy atom. The van der Waals surface area contributed by atoms with E-state index in [2.05, 4.69) is 45.9 Å². The van der Waals surface area contributed by atoms with Crippen molar-refractivity contribution in [3.63, 3.8) is 0 Å². The molecule has 1 aromatic heterocycles. The van der Waals surface area contributed by atoms with E-state index in [1.165, 1.54) is 18.4 Å². The lowest BCUT2D eigenvalue weighted by Crippen LogP contribution is -2.67. The first-order chi connectivity index (χ1) is 12.5. The Balaban J connectivity index is 1.42. The molecular formula is C17H24N6O2S. The van der Waals surface area contributed by atoms with Gasteiger partial charge in [-0.05, 0) is 50.0 Å². The summed E-state index contributed by atoms with van der Waals surface area (Å²) in [6, 6.07) is -0.670. The van der Waals surface area contributed by atoms with E-state index >= 15 is 0 Å². The third-order valence-electron chi connectivity index (χ3n) is 5.40. The number of nitrogens with one attached hydrogen (secondary N) is 2. The summed E-state index contributed by atoms with van der Waals surface area (Å²) < 4.78 is -0.231. The highest BCUT2D eigenvalue weighted by Crippen LogP contribution is 2.56. The zero-order valence-corrected chi connectivity index (χ0v) is 15.9. The zero-order valence-electron chi connectivity index (χ0n) is 15.1. The molecule has 2 fully saturated rings. The van der Waals surface area contributed by atoms with Gasteiger partial charge in [0.25, 0.3) is 0 Å². The molecular weight excluding hydrogens is 352 g/mol. The molecule has 2 unspecified atom stereocenters. The van der Waals surface area contributed by atoms with E-state index in [0.717, 1.165) is 19.3 Å². The van der Waals surface area contributed by atoms with Crippen molar-refractivity contribution in [1.82, 2.24) is 30.8 Å². The number of nitrogens with zero attached hydrogens (tertiary/aromatic N) is 4. The average Bonchev–Trinajstić information content (AvgIpc) is 3.10. The minimum absolute atomic E-state index is 0.0562. The lowest BCUT2D eigenvalue weighted by Gasteiger charge is -2.44. The van der Waals surface area contributed by atoms with Crippen molar-refractivity contribution in [1.29, 1.82) is 0 Å². The maximum Gasteiger partial charge on any atom is 0.249 e. The van der Waals surface area contributed by atoms with Crippen LogP contribution in [-0.4, -0.2) is 53.5 Å². The van der Waals surface area contributed by atoms with Crippen molar-refractivity contribution in [2.45, 2.75) is 74.6 Å². The molecule has 1 aromatic rings. The highest BCUT2D eigenvalue weighted by Gasteiger charge is 2.63. The summed E-state index contributed by atoms with van der Waals surface area (Å²) in [6.45, 7) is 4.15. The van der Waals surface area contributed by atoms with Gasteiger partial charge in [-0.3, -0.25) is 9.59 Å². The first kappa shape index (κ1) is 17.5. The van der Waals surface area contributed by atoms with Crippen LogP contribution in [0.15, 0.2) is 11.6 Å². The Hall–Kier alpha value is -1.90. The molecule has 26 heavy (non-hydrogen) atoms. The number of thioether (sulfide) groups is 1. The molecule has 3 aliphatic rings. The number of carbonyl (C=O) groups excluding carboxylic acids is 2. The van der Waals surface area contributed by atoms with Gasteiger partial charge in [0, 0.05) is 11.2 Å². The number of rotatable bonds is 4. The number of hydrogen-bond donors (Lipinski definition) is 2. The predicted octanol–water partition coefficient (Wildman–Crippen LogP) is 1.70. The molecule has 4 rings (SSSR count). The Kier molecular flexibility index (Phi) is 4.50. The molecule has 0 saturated carbocycles. The van der Waals surface area contributed by atoms with Gasteiger partial charge in [-0.2, -0.15) is 0 Å². The van der Waals surface area contributed by atoms with Crippen LogP contribution in [0.25, 0.3) is 0 Å². The summed E-state index contributed by atoms with van der Waals surface area (Å²) in [5.74, 6) is 0.476. The fourth-order valence-electron chi connectivity index (χ4n) is 4.15. The van der Waals surface area contributed by atoms with E-state index in [1.807, 2.05) is 0 Å². The van der Waals surface area contributed by atoms with Gasteiger partial charge in [-0.15, -0.1) is 16.9 Å².